The van der Waals surface area contributed by atoms with Crippen LogP contribution in [0.25, 0.3) is 0 Å². The fraction of sp³-hybridized carbons (Fsp3) is 0.278. The first kappa shape index (κ1) is 17.5. The Morgan fingerprint density at radius 3 is 2.33 bits per heavy atom. The summed E-state index contributed by atoms with van der Waals surface area (Å²) in [5.41, 5.74) is 7.93. The minimum Gasteiger partial charge on any atom is -0.366 e. The average molecular weight is 327 g/mol. The molecule has 0 saturated carbocycles. The molecule has 0 aliphatic carbocycles. The molecule has 0 radical (unpaired) electrons. The summed E-state index contributed by atoms with van der Waals surface area (Å²) in [7, 11) is 1.78. The lowest BCUT2D eigenvalue weighted by Gasteiger charge is -2.20. The number of nitrogens with two attached hydrogens (primary N) is 1. The number of carbonyl (C=O) groups is 1. The van der Waals surface area contributed by atoms with Gasteiger partial charge in [0.05, 0.1) is 4.92 Å². The van der Waals surface area contributed by atoms with Crippen LogP contribution in [0.3, 0.4) is 0 Å². The van der Waals surface area contributed by atoms with Crippen LogP contribution in [0.1, 0.15) is 41.3 Å². The zero-order valence-electron chi connectivity index (χ0n) is 14.0. The second kappa shape index (κ2) is 7.12. The van der Waals surface area contributed by atoms with E-state index in [2.05, 4.69) is 26.0 Å². The third-order valence-corrected chi connectivity index (χ3v) is 3.93. The van der Waals surface area contributed by atoms with E-state index in [9.17, 15) is 14.9 Å². The summed E-state index contributed by atoms with van der Waals surface area (Å²) in [6.45, 7) is 4.78. The van der Waals surface area contributed by atoms with Crippen LogP contribution in [0.5, 0.6) is 0 Å². The van der Waals surface area contributed by atoms with Crippen LogP contribution in [0, 0.1) is 10.1 Å². The second-order valence-electron chi connectivity index (χ2n) is 6.08. The summed E-state index contributed by atoms with van der Waals surface area (Å²) >= 11 is 0. The van der Waals surface area contributed by atoms with Gasteiger partial charge < -0.3 is 10.6 Å². The number of anilines is 1. The van der Waals surface area contributed by atoms with Gasteiger partial charge in [-0.15, -0.1) is 0 Å². The van der Waals surface area contributed by atoms with Gasteiger partial charge in [-0.25, -0.2) is 0 Å². The van der Waals surface area contributed by atoms with Gasteiger partial charge in [-0.05, 0) is 29.2 Å². The molecule has 0 atom stereocenters. The van der Waals surface area contributed by atoms with Crippen molar-refractivity contribution in [2.75, 3.05) is 11.9 Å². The van der Waals surface area contributed by atoms with Gasteiger partial charge in [0, 0.05) is 25.2 Å². The van der Waals surface area contributed by atoms with E-state index < -0.39 is 10.8 Å². The Balaban J connectivity index is 2.27. The highest BCUT2D eigenvalue weighted by Gasteiger charge is 2.19. The lowest BCUT2D eigenvalue weighted by atomic mass is 10.0. The molecule has 0 heterocycles. The lowest BCUT2D eigenvalue weighted by Crippen LogP contribution is -2.19. The van der Waals surface area contributed by atoms with Gasteiger partial charge in [-0.1, -0.05) is 38.1 Å². The molecule has 126 valence electrons. The fourth-order valence-electron chi connectivity index (χ4n) is 2.51. The number of hydrogen-bond donors (Lipinski definition) is 1. The number of nitro benzene ring substituents is 1. The van der Waals surface area contributed by atoms with Crippen molar-refractivity contribution in [2.24, 2.45) is 5.73 Å². The molecule has 2 aromatic carbocycles. The number of nitro groups is 1. The first-order valence-electron chi connectivity index (χ1n) is 7.67. The van der Waals surface area contributed by atoms with Gasteiger partial charge in [0.1, 0.15) is 5.69 Å². The van der Waals surface area contributed by atoms with Gasteiger partial charge in [-0.2, -0.15) is 0 Å². The highest BCUT2D eigenvalue weighted by Crippen LogP contribution is 2.29. The van der Waals surface area contributed by atoms with E-state index in [1.807, 2.05) is 12.1 Å². The highest BCUT2D eigenvalue weighted by molar-refractivity contribution is 5.94. The van der Waals surface area contributed by atoms with Crippen LogP contribution in [0.2, 0.25) is 0 Å². The maximum absolute atomic E-state index is 11.3. The molecule has 0 bridgehead atoms. The van der Waals surface area contributed by atoms with Crippen molar-refractivity contribution in [1.82, 2.24) is 0 Å². The summed E-state index contributed by atoms with van der Waals surface area (Å²) in [5.74, 6) is -0.226. The molecule has 6 heteroatoms. The summed E-state index contributed by atoms with van der Waals surface area (Å²) in [6.07, 6.45) is 0. The predicted octanol–water partition coefficient (Wildman–Crippen LogP) is 3.45. The normalized spacial score (nSPS) is 10.7. The van der Waals surface area contributed by atoms with E-state index in [0.29, 0.717) is 18.2 Å². The average Bonchev–Trinajstić information content (AvgIpc) is 2.54. The van der Waals surface area contributed by atoms with E-state index >= 15 is 0 Å². The molecule has 0 saturated heterocycles. The fourth-order valence-corrected chi connectivity index (χ4v) is 2.51. The van der Waals surface area contributed by atoms with Crippen LogP contribution < -0.4 is 10.6 Å². The molecule has 0 aliphatic rings. The van der Waals surface area contributed by atoms with Crippen LogP contribution in [-0.2, 0) is 6.54 Å². The minimum atomic E-state index is -0.684. The van der Waals surface area contributed by atoms with E-state index in [0.717, 1.165) is 5.56 Å². The first-order chi connectivity index (χ1) is 11.3. The maximum Gasteiger partial charge on any atom is 0.293 e. The van der Waals surface area contributed by atoms with Gasteiger partial charge in [0.15, 0.2) is 0 Å². The molecule has 0 aliphatic heterocycles. The highest BCUT2D eigenvalue weighted by atomic mass is 16.6. The quantitative estimate of drug-likeness (QED) is 0.650. The molecular weight excluding hydrogens is 306 g/mol. The Hall–Kier alpha value is -2.89. The molecule has 0 spiro atoms. The molecule has 6 nitrogen and oxygen atoms in total. The molecule has 24 heavy (non-hydrogen) atoms. The summed E-state index contributed by atoms with van der Waals surface area (Å²) in [6, 6.07) is 12.5. The maximum atomic E-state index is 11.3. The number of hydrogen-bond acceptors (Lipinski definition) is 4. The van der Waals surface area contributed by atoms with Crippen LogP contribution >= 0.6 is 0 Å². The molecule has 2 rings (SSSR count). The SMILES string of the molecule is CC(C)c1ccc(CN(C)c2ccc(C(N)=O)cc2[N+](=O)[O-])cc1. The smallest absolute Gasteiger partial charge is 0.293 e. The Morgan fingerprint density at radius 1 is 1.21 bits per heavy atom. The summed E-state index contributed by atoms with van der Waals surface area (Å²) < 4.78 is 0. The van der Waals surface area contributed by atoms with Crippen LogP contribution in [-0.4, -0.2) is 17.9 Å². The van der Waals surface area contributed by atoms with Crippen molar-refractivity contribution in [3.05, 3.63) is 69.3 Å². The van der Waals surface area contributed by atoms with E-state index in [1.165, 1.54) is 17.7 Å². The van der Waals surface area contributed by atoms with Gasteiger partial charge in [0.25, 0.3) is 5.69 Å². The standard InChI is InChI=1S/C18H21N3O3/c1-12(2)14-6-4-13(5-7-14)11-20(3)16-9-8-15(18(19)22)10-17(16)21(23)24/h4-10,12H,11H2,1-3H3,(H2,19,22). The minimum absolute atomic E-state index is 0.125. The number of nitrogens with zero attached hydrogens (tertiary/aromatic N) is 2. The van der Waals surface area contributed by atoms with E-state index in [-0.39, 0.29) is 11.3 Å². The van der Waals surface area contributed by atoms with Crippen molar-refractivity contribution in [3.63, 3.8) is 0 Å². The zero-order valence-corrected chi connectivity index (χ0v) is 14.0. The van der Waals surface area contributed by atoms with Crippen LogP contribution in [0.4, 0.5) is 11.4 Å². The predicted molar refractivity (Wildman–Crippen MR) is 94.3 cm³/mol. The molecule has 2 aromatic rings. The third kappa shape index (κ3) is 3.90. The Bertz CT molecular complexity index is 755. The topological polar surface area (TPSA) is 89.5 Å². The van der Waals surface area contributed by atoms with Gasteiger partial charge in [-0.3, -0.25) is 14.9 Å². The second-order valence-corrected chi connectivity index (χ2v) is 6.08. The summed E-state index contributed by atoms with van der Waals surface area (Å²) in [5, 5.41) is 11.3. The van der Waals surface area contributed by atoms with Crippen LogP contribution in [0.15, 0.2) is 42.5 Å². The summed E-state index contributed by atoms with van der Waals surface area (Å²) in [4.78, 5) is 23.8. The first-order valence-corrected chi connectivity index (χ1v) is 7.67. The molecule has 0 unspecified atom stereocenters. The van der Waals surface area contributed by atoms with Crippen molar-refractivity contribution < 1.29 is 9.72 Å². The van der Waals surface area contributed by atoms with Crippen molar-refractivity contribution >= 4 is 17.3 Å². The van der Waals surface area contributed by atoms with E-state index in [4.69, 9.17) is 5.73 Å². The molecule has 2 N–H and O–H groups in total. The molecular formula is C18H21N3O3. The number of rotatable bonds is 6. The Kier molecular flexibility index (Phi) is 5.18. The van der Waals surface area contributed by atoms with Crippen molar-refractivity contribution in [3.8, 4) is 0 Å². The van der Waals surface area contributed by atoms with Gasteiger partial charge in [0.2, 0.25) is 5.91 Å². The van der Waals surface area contributed by atoms with Crippen molar-refractivity contribution in [1.29, 1.82) is 0 Å². The monoisotopic (exact) mass is 327 g/mol. The number of benzene rings is 2. The van der Waals surface area contributed by atoms with E-state index in [1.54, 1.807) is 18.0 Å². The number of amides is 1. The molecule has 0 aromatic heterocycles. The zero-order chi connectivity index (χ0) is 17.9. The largest absolute Gasteiger partial charge is 0.366 e. The third-order valence-electron chi connectivity index (χ3n) is 3.93. The molecule has 1 amide bonds. The molecule has 0 fully saturated rings. The number of primary amides is 1. The Labute approximate surface area is 141 Å². The lowest BCUT2D eigenvalue weighted by molar-refractivity contribution is -0.384. The Morgan fingerprint density at radius 2 is 1.83 bits per heavy atom. The van der Waals surface area contributed by atoms with Crippen molar-refractivity contribution in [2.45, 2.75) is 26.3 Å². The number of carbonyl (C=O) groups excluding carboxylic acids is 1. The van der Waals surface area contributed by atoms with Gasteiger partial charge >= 0.3 is 0 Å².